The number of hydroxylamine groups is 2. The summed E-state index contributed by atoms with van der Waals surface area (Å²) in [5, 5.41) is 2.37. The van der Waals surface area contributed by atoms with Crippen molar-refractivity contribution in [3.8, 4) is 0 Å². The summed E-state index contributed by atoms with van der Waals surface area (Å²) in [5.74, 6) is 0.408. The SMILES string of the molecule is Cc1cn(S(=O)(=O)c2ccccc2)c2ncnc(N3CCN(OC(=O)C(C)(C)C)CC3)c12. The van der Waals surface area contributed by atoms with Gasteiger partial charge in [-0.3, -0.25) is 0 Å². The Morgan fingerprint density at radius 2 is 1.69 bits per heavy atom. The van der Waals surface area contributed by atoms with E-state index in [0.29, 0.717) is 43.0 Å². The van der Waals surface area contributed by atoms with Gasteiger partial charge in [0.1, 0.15) is 12.1 Å². The highest BCUT2D eigenvalue weighted by atomic mass is 32.2. The van der Waals surface area contributed by atoms with Gasteiger partial charge in [0.15, 0.2) is 5.65 Å². The molecular formula is C22H27N5O4S. The van der Waals surface area contributed by atoms with Crippen molar-refractivity contribution >= 4 is 32.8 Å². The molecule has 0 N–H and O–H groups in total. The quantitative estimate of drug-likeness (QED) is 0.590. The normalized spacial score (nSPS) is 15.8. The van der Waals surface area contributed by atoms with E-state index in [0.717, 1.165) is 5.56 Å². The van der Waals surface area contributed by atoms with Gasteiger partial charge in [-0.25, -0.2) is 27.2 Å². The maximum Gasteiger partial charge on any atom is 0.330 e. The lowest BCUT2D eigenvalue weighted by Crippen LogP contribution is -2.48. The molecule has 0 aliphatic carbocycles. The summed E-state index contributed by atoms with van der Waals surface area (Å²) >= 11 is 0. The Labute approximate surface area is 187 Å². The lowest BCUT2D eigenvalue weighted by atomic mass is 9.98. The number of hydrogen-bond acceptors (Lipinski definition) is 8. The second-order valence-electron chi connectivity index (χ2n) is 8.87. The average molecular weight is 458 g/mol. The van der Waals surface area contributed by atoms with Crippen molar-refractivity contribution in [3.05, 3.63) is 48.4 Å². The second-order valence-corrected chi connectivity index (χ2v) is 10.7. The summed E-state index contributed by atoms with van der Waals surface area (Å²) in [5.41, 5.74) is 0.551. The van der Waals surface area contributed by atoms with Crippen molar-refractivity contribution in [1.29, 1.82) is 0 Å². The Morgan fingerprint density at radius 1 is 1.03 bits per heavy atom. The van der Waals surface area contributed by atoms with Crippen LogP contribution in [0.2, 0.25) is 0 Å². The van der Waals surface area contributed by atoms with Crippen LogP contribution in [0, 0.1) is 12.3 Å². The molecule has 0 amide bonds. The number of hydrogen-bond donors (Lipinski definition) is 0. The van der Waals surface area contributed by atoms with E-state index in [1.165, 1.54) is 10.3 Å². The molecule has 3 heterocycles. The number of aromatic nitrogens is 3. The Morgan fingerprint density at radius 3 is 2.31 bits per heavy atom. The molecule has 0 atom stereocenters. The molecule has 1 saturated heterocycles. The molecule has 0 radical (unpaired) electrons. The maximum absolute atomic E-state index is 13.2. The van der Waals surface area contributed by atoms with Crippen molar-refractivity contribution in [2.45, 2.75) is 32.6 Å². The van der Waals surface area contributed by atoms with E-state index in [4.69, 9.17) is 4.84 Å². The topological polar surface area (TPSA) is 97.6 Å². The van der Waals surface area contributed by atoms with E-state index in [2.05, 4.69) is 14.9 Å². The van der Waals surface area contributed by atoms with Gasteiger partial charge in [0.25, 0.3) is 10.0 Å². The lowest BCUT2D eigenvalue weighted by molar-refractivity contribution is -0.201. The molecular weight excluding hydrogens is 430 g/mol. The van der Waals surface area contributed by atoms with Gasteiger partial charge in [-0.2, -0.15) is 0 Å². The highest BCUT2D eigenvalue weighted by Gasteiger charge is 2.30. The molecule has 1 aromatic carbocycles. The van der Waals surface area contributed by atoms with Crippen LogP contribution >= 0.6 is 0 Å². The highest BCUT2D eigenvalue weighted by molar-refractivity contribution is 7.90. The first-order valence-corrected chi connectivity index (χ1v) is 11.9. The molecule has 9 nitrogen and oxygen atoms in total. The number of aryl methyl sites for hydroxylation is 1. The van der Waals surface area contributed by atoms with Crippen LogP contribution in [0.5, 0.6) is 0 Å². The molecule has 170 valence electrons. The van der Waals surface area contributed by atoms with Crippen molar-refractivity contribution in [3.63, 3.8) is 0 Å². The highest BCUT2D eigenvalue weighted by Crippen LogP contribution is 2.31. The maximum atomic E-state index is 13.2. The van der Waals surface area contributed by atoms with Crippen molar-refractivity contribution < 1.29 is 18.0 Å². The van der Waals surface area contributed by atoms with Crippen molar-refractivity contribution in [1.82, 2.24) is 19.0 Å². The van der Waals surface area contributed by atoms with Crippen LogP contribution in [-0.2, 0) is 19.7 Å². The van der Waals surface area contributed by atoms with E-state index < -0.39 is 15.4 Å². The van der Waals surface area contributed by atoms with Crippen LogP contribution in [0.15, 0.2) is 47.8 Å². The summed E-state index contributed by atoms with van der Waals surface area (Å²) in [4.78, 5) is 28.7. The fraction of sp³-hybridized carbons (Fsp3) is 0.409. The monoisotopic (exact) mass is 457 g/mol. The largest absolute Gasteiger partial charge is 0.367 e. The predicted molar refractivity (Wildman–Crippen MR) is 121 cm³/mol. The third-order valence-corrected chi connectivity index (χ3v) is 7.05. The van der Waals surface area contributed by atoms with Gasteiger partial charge in [0.2, 0.25) is 0 Å². The zero-order valence-corrected chi connectivity index (χ0v) is 19.5. The Bertz CT molecular complexity index is 1240. The van der Waals surface area contributed by atoms with Gasteiger partial charge in [-0.15, -0.1) is 5.06 Å². The van der Waals surface area contributed by atoms with Crippen LogP contribution in [0.25, 0.3) is 11.0 Å². The summed E-state index contributed by atoms with van der Waals surface area (Å²) in [7, 11) is -3.79. The molecule has 32 heavy (non-hydrogen) atoms. The molecule has 0 bridgehead atoms. The molecule has 10 heteroatoms. The minimum Gasteiger partial charge on any atom is -0.367 e. The summed E-state index contributed by atoms with van der Waals surface area (Å²) in [6.07, 6.45) is 2.98. The van der Waals surface area contributed by atoms with Gasteiger partial charge in [-0.1, -0.05) is 18.2 Å². The summed E-state index contributed by atoms with van der Waals surface area (Å²) in [6.45, 7) is 9.53. The summed E-state index contributed by atoms with van der Waals surface area (Å²) in [6, 6.07) is 8.29. The molecule has 1 aliphatic heterocycles. The smallest absolute Gasteiger partial charge is 0.330 e. The first-order chi connectivity index (χ1) is 15.1. The second kappa shape index (κ2) is 8.18. The van der Waals surface area contributed by atoms with E-state index in [1.807, 2.05) is 27.7 Å². The van der Waals surface area contributed by atoms with E-state index >= 15 is 0 Å². The van der Waals surface area contributed by atoms with Crippen LogP contribution in [-0.4, -0.2) is 59.6 Å². The lowest BCUT2D eigenvalue weighted by Gasteiger charge is -2.35. The van der Waals surface area contributed by atoms with Crippen LogP contribution < -0.4 is 4.90 Å². The number of piperazine rings is 1. The Kier molecular flexibility index (Phi) is 5.68. The third kappa shape index (κ3) is 4.07. The van der Waals surface area contributed by atoms with Crippen molar-refractivity contribution in [2.75, 3.05) is 31.1 Å². The fourth-order valence-corrected chi connectivity index (χ4v) is 4.95. The number of fused-ring (bicyclic) bond motifs is 1. The van der Waals surface area contributed by atoms with Crippen LogP contribution in [0.1, 0.15) is 26.3 Å². The minimum absolute atomic E-state index is 0.200. The number of carbonyl (C=O) groups is 1. The van der Waals surface area contributed by atoms with Gasteiger partial charge in [0, 0.05) is 19.3 Å². The van der Waals surface area contributed by atoms with Crippen molar-refractivity contribution in [2.24, 2.45) is 5.41 Å². The standard InChI is InChI=1S/C22H27N5O4S/c1-16-14-27(32(29,30)17-8-6-5-7-9-17)20-18(16)19(23-15-24-20)25-10-12-26(13-11-25)31-21(28)22(2,3)4/h5-9,14-15H,10-13H2,1-4H3. The van der Waals surface area contributed by atoms with Crippen LogP contribution in [0.3, 0.4) is 0 Å². The number of rotatable bonds is 4. The fourth-order valence-electron chi connectivity index (χ4n) is 3.56. The molecule has 2 aromatic heterocycles. The zero-order valence-electron chi connectivity index (χ0n) is 18.6. The average Bonchev–Trinajstić information content (AvgIpc) is 3.12. The number of anilines is 1. The summed E-state index contributed by atoms with van der Waals surface area (Å²) < 4.78 is 27.6. The van der Waals surface area contributed by atoms with E-state index in [1.54, 1.807) is 41.6 Å². The predicted octanol–water partition coefficient (Wildman–Crippen LogP) is 2.60. The minimum atomic E-state index is -3.79. The van der Waals surface area contributed by atoms with E-state index in [9.17, 15) is 13.2 Å². The Balaban J connectivity index is 1.62. The first-order valence-electron chi connectivity index (χ1n) is 10.4. The Hall–Kier alpha value is -2.98. The van der Waals surface area contributed by atoms with Gasteiger partial charge in [0.05, 0.1) is 28.8 Å². The molecule has 0 saturated carbocycles. The molecule has 0 unspecified atom stereocenters. The van der Waals surface area contributed by atoms with Gasteiger partial charge >= 0.3 is 5.97 Å². The number of benzene rings is 1. The molecule has 1 fully saturated rings. The zero-order chi connectivity index (χ0) is 23.1. The van der Waals surface area contributed by atoms with E-state index in [-0.39, 0.29) is 10.9 Å². The molecule has 3 aromatic rings. The number of carbonyl (C=O) groups excluding carboxylic acids is 1. The first kappa shape index (κ1) is 22.2. The third-order valence-electron chi connectivity index (χ3n) is 5.38. The van der Waals surface area contributed by atoms with Gasteiger partial charge in [-0.05, 0) is 45.4 Å². The van der Waals surface area contributed by atoms with Crippen LogP contribution in [0.4, 0.5) is 5.82 Å². The number of nitrogens with zero attached hydrogens (tertiary/aromatic N) is 5. The van der Waals surface area contributed by atoms with Gasteiger partial charge < -0.3 is 9.74 Å². The molecule has 0 spiro atoms. The molecule has 1 aliphatic rings. The molecule has 4 rings (SSSR count).